The molecule has 0 aliphatic heterocycles. The Morgan fingerprint density at radius 2 is 1.86 bits per heavy atom. The molecule has 28 heavy (non-hydrogen) atoms. The molecule has 0 spiro atoms. The third-order valence-corrected chi connectivity index (χ3v) is 5.32. The Balaban J connectivity index is 1.89. The number of carbonyl (C=O) groups excluding carboxylic acids is 2. The number of pyridine rings is 1. The van der Waals surface area contributed by atoms with Crippen LogP contribution in [0.4, 0.5) is 5.00 Å². The molecule has 1 saturated carbocycles. The van der Waals surface area contributed by atoms with Crippen molar-refractivity contribution < 1.29 is 24.2 Å². The number of thiophene rings is 1. The molecule has 2 heterocycles. The van der Waals surface area contributed by atoms with E-state index in [-0.39, 0.29) is 11.7 Å². The third-order valence-electron chi connectivity index (χ3n) is 4.43. The van der Waals surface area contributed by atoms with Gasteiger partial charge in [-0.15, -0.1) is 11.3 Å². The monoisotopic (exact) mass is 400 g/mol. The maximum Gasteiger partial charge on any atom is 0.342 e. The van der Waals surface area contributed by atoms with Gasteiger partial charge < -0.3 is 15.2 Å². The van der Waals surface area contributed by atoms with E-state index >= 15 is 0 Å². The van der Waals surface area contributed by atoms with E-state index in [0.717, 1.165) is 49.8 Å². The molecule has 8 heteroatoms. The number of carboxylic acids is 1. The van der Waals surface area contributed by atoms with E-state index < -0.39 is 17.8 Å². The van der Waals surface area contributed by atoms with Crippen molar-refractivity contribution in [3.8, 4) is 11.1 Å². The first-order valence-corrected chi connectivity index (χ1v) is 9.87. The Bertz CT molecular complexity index is 885. The van der Waals surface area contributed by atoms with Crippen LogP contribution in [0.2, 0.25) is 0 Å². The van der Waals surface area contributed by atoms with Crippen LogP contribution in [0.3, 0.4) is 0 Å². The van der Waals surface area contributed by atoms with Crippen LogP contribution in [0, 0.1) is 0 Å². The van der Waals surface area contributed by atoms with E-state index in [0.29, 0.717) is 10.6 Å². The summed E-state index contributed by atoms with van der Waals surface area (Å²) < 4.78 is 5.71. The van der Waals surface area contributed by atoms with Gasteiger partial charge in [0, 0.05) is 35.5 Å². The van der Waals surface area contributed by atoms with Gasteiger partial charge in [-0.05, 0) is 43.4 Å². The number of rotatable bonds is 6. The molecule has 1 aliphatic carbocycles. The number of anilines is 1. The summed E-state index contributed by atoms with van der Waals surface area (Å²) in [6, 6.07) is 3.55. The predicted octanol–water partition coefficient (Wildman–Crippen LogP) is 3.88. The number of nitrogens with zero attached hydrogens (tertiary/aromatic N) is 1. The molecule has 0 radical (unpaired) electrons. The largest absolute Gasteiger partial charge is 0.478 e. The Kier molecular flexibility index (Phi) is 6.54. The number of nitrogens with one attached hydrogen (secondary N) is 1. The summed E-state index contributed by atoms with van der Waals surface area (Å²) in [5.74, 6) is -2.34. The maximum atomic E-state index is 12.9. The fourth-order valence-corrected chi connectivity index (χ4v) is 4.05. The van der Waals surface area contributed by atoms with Crippen LogP contribution in [0.25, 0.3) is 11.1 Å². The van der Waals surface area contributed by atoms with Crippen LogP contribution < -0.4 is 5.32 Å². The predicted molar refractivity (Wildman–Crippen MR) is 105 cm³/mol. The average Bonchev–Trinajstić information content (AvgIpc) is 3.11. The smallest absolute Gasteiger partial charge is 0.342 e. The Morgan fingerprint density at radius 1 is 1.14 bits per heavy atom. The molecule has 2 aromatic rings. The molecule has 1 fully saturated rings. The van der Waals surface area contributed by atoms with Gasteiger partial charge in [-0.3, -0.25) is 9.78 Å². The number of carboxylic acid groups (broad SMARTS) is 1. The lowest BCUT2D eigenvalue weighted by Gasteiger charge is -2.22. The molecule has 7 nitrogen and oxygen atoms in total. The molecule has 0 aromatic carbocycles. The number of hydrogen-bond acceptors (Lipinski definition) is 6. The Morgan fingerprint density at radius 3 is 2.54 bits per heavy atom. The minimum Gasteiger partial charge on any atom is -0.478 e. The topological polar surface area (TPSA) is 106 Å². The highest BCUT2D eigenvalue weighted by Gasteiger charge is 2.26. The van der Waals surface area contributed by atoms with Gasteiger partial charge in [-0.1, -0.05) is 6.42 Å². The van der Waals surface area contributed by atoms with Gasteiger partial charge in [0.15, 0.2) is 0 Å². The van der Waals surface area contributed by atoms with Crippen LogP contribution in [0.15, 0.2) is 42.1 Å². The molecule has 146 valence electrons. The standard InChI is InChI=1S/C20H20N2O5S/c23-16(6-7-17(24)25)22-19-18(20(26)27-14-4-2-1-3-5-14)15(12-28-19)13-8-10-21-11-9-13/h6-12,14H,1-5H2,(H,22,23)(H,24,25)/b7-6+. The molecule has 1 amide bonds. The zero-order chi connectivity index (χ0) is 19.9. The number of carbonyl (C=O) groups is 3. The van der Waals surface area contributed by atoms with E-state index in [1.807, 2.05) is 0 Å². The van der Waals surface area contributed by atoms with Gasteiger partial charge in [0.25, 0.3) is 0 Å². The van der Waals surface area contributed by atoms with Crippen molar-refractivity contribution in [2.45, 2.75) is 38.2 Å². The zero-order valence-corrected chi connectivity index (χ0v) is 15.9. The zero-order valence-electron chi connectivity index (χ0n) is 15.1. The normalized spacial score (nSPS) is 14.7. The van der Waals surface area contributed by atoms with E-state index in [9.17, 15) is 14.4 Å². The van der Waals surface area contributed by atoms with Crippen molar-refractivity contribution in [2.75, 3.05) is 5.32 Å². The number of esters is 1. The van der Waals surface area contributed by atoms with Gasteiger partial charge in [0.05, 0.1) is 0 Å². The lowest BCUT2D eigenvalue weighted by molar-refractivity contribution is -0.131. The second-order valence-electron chi connectivity index (χ2n) is 6.42. The SMILES string of the molecule is O=C(O)/C=C/C(=O)Nc1scc(-c2ccncc2)c1C(=O)OC1CCCCC1. The quantitative estimate of drug-likeness (QED) is 0.563. The van der Waals surface area contributed by atoms with Gasteiger partial charge in [0.1, 0.15) is 16.7 Å². The Hall–Kier alpha value is -3.00. The van der Waals surface area contributed by atoms with Crippen molar-refractivity contribution in [3.63, 3.8) is 0 Å². The average molecular weight is 400 g/mol. The number of aliphatic carboxylic acids is 1. The first-order valence-electron chi connectivity index (χ1n) is 8.99. The summed E-state index contributed by atoms with van der Waals surface area (Å²) in [5, 5.41) is 13.3. The van der Waals surface area contributed by atoms with Crippen LogP contribution in [0.5, 0.6) is 0 Å². The lowest BCUT2D eigenvalue weighted by atomic mass is 9.97. The van der Waals surface area contributed by atoms with Gasteiger partial charge >= 0.3 is 11.9 Å². The molecule has 0 saturated heterocycles. The summed E-state index contributed by atoms with van der Waals surface area (Å²) in [7, 11) is 0. The minimum atomic E-state index is -1.23. The van der Waals surface area contributed by atoms with Crippen molar-refractivity contribution in [1.29, 1.82) is 0 Å². The van der Waals surface area contributed by atoms with Crippen molar-refractivity contribution in [3.05, 3.63) is 47.6 Å². The van der Waals surface area contributed by atoms with Crippen LogP contribution >= 0.6 is 11.3 Å². The molecular formula is C20H20N2O5S. The van der Waals surface area contributed by atoms with Crippen molar-refractivity contribution in [1.82, 2.24) is 4.98 Å². The van der Waals surface area contributed by atoms with Crippen LogP contribution in [-0.2, 0) is 14.3 Å². The summed E-state index contributed by atoms with van der Waals surface area (Å²) in [6.07, 6.45) is 9.65. The van der Waals surface area contributed by atoms with E-state index in [2.05, 4.69) is 10.3 Å². The highest BCUT2D eigenvalue weighted by atomic mass is 32.1. The molecule has 2 N–H and O–H groups in total. The summed E-state index contributed by atoms with van der Waals surface area (Å²) in [5.41, 5.74) is 1.70. The third kappa shape index (κ3) is 5.04. The molecule has 0 atom stereocenters. The van der Waals surface area contributed by atoms with Crippen LogP contribution in [0.1, 0.15) is 42.5 Å². The second kappa shape index (κ2) is 9.27. The number of hydrogen-bond donors (Lipinski definition) is 2. The highest BCUT2D eigenvalue weighted by molar-refractivity contribution is 7.15. The molecule has 2 aromatic heterocycles. The molecular weight excluding hydrogens is 380 g/mol. The van der Waals surface area contributed by atoms with Gasteiger partial charge in [-0.25, -0.2) is 9.59 Å². The van der Waals surface area contributed by atoms with Crippen molar-refractivity contribution >= 4 is 34.2 Å². The van der Waals surface area contributed by atoms with E-state index in [1.54, 1.807) is 29.9 Å². The summed E-state index contributed by atoms with van der Waals surface area (Å²) in [4.78, 5) is 39.5. The number of ether oxygens (including phenoxy) is 1. The molecule has 3 rings (SSSR count). The highest BCUT2D eigenvalue weighted by Crippen LogP contribution is 2.36. The van der Waals surface area contributed by atoms with E-state index in [1.165, 1.54) is 11.3 Å². The lowest BCUT2D eigenvalue weighted by Crippen LogP contribution is -2.22. The molecule has 0 bridgehead atoms. The first kappa shape index (κ1) is 19.8. The fraction of sp³-hybridized carbons (Fsp3) is 0.300. The summed E-state index contributed by atoms with van der Waals surface area (Å²) in [6.45, 7) is 0. The van der Waals surface area contributed by atoms with Crippen molar-refractivity contribution in [2.24, 2.45) is 0 Å². The van der Waals surface area contributed by atoms with Gasteiger partial charge in [-0.2, -0.15) is 0 Å². The minimum absolute atomic E-state index is 0.123. The van der Waals surface area contributed by atoms with Gasteiger partial charge in [0.2, 0.25) is 5.91 Å². The fourth-order valence-electron chi connectivity index (χ4n) is 3.09. The van der Waals surface area contributed by atoms with E-state index in [4.69, 9.17) is 9.84 Å². The first-order chi connectivity index (χ1) is 13.5. The number of amides is 1. The Labute approximate surface area is 166 Å². The number of aromatic nitrogens is 1. The second-order valence-corrected chi connectivity index (χ2v) is 7.30. The summed E-state index contributed by atoms with van der Waals surface area (Å²) >= 11 is 1.19. The maximum absolute atomic E-state index is 12.9. The molecule has 0 unspecified atom stereocenters. The molecule has 1 aliphatic rings. The van der Waals surface area contributed by atoms with Crippen LogP contribution in [-0.4, -0.2) is 34.0 Å².